The average molecular weight is 506 g/mol. The smallest absolute Gasteiger partial charge is 0.854 e. The van der Waals surface area contributed by atoms with E-state index in [4.69, 9.17) is 14.7 Å². The fraction of sp³-hybridized carbons (Fsp3) is 0. The van der Waals surface area contributed by atoms with Gasteiger partial charge in [0.1, 0.15) is 0 Å². The second-order valence-electron chi connectivity index (χ2n) is 3.46. The summed E-state index contributed by atoms with van der Waals surface area (Å²) >= 11 is 0. The van der Waals surface area contributed by atoms with Gasteiger partial charge in [-0.1, -0.05) is 0 Å². The molecule has 3 aromatic rings. The van der Waals surface area contributed by atoms with Crippen LogP contribution in [0.2, 0.25) is 0 Å². The van der Waals surface area contributed by atoms with E-state index in [1.165, 1.54) is 0 Å². The van der Waals surface area contributed by atoms with Gasteiger partial charge in [-0.25, -0.2) is 0 Å². The Hall–Kier alpha value is -0.160. The second-order valence-corrected chi connectivity index (χ2v) is 3.90. The molecule has 0 aliphatic carbocycles. The summed E-state index contributed by atoms with van der Waals surface area (Å²) in [7, 11) is -3.37. The second kappa shape index (κ2) is 28.6. The Morgan fingerprint density at radius 2 is 0.560 bits per heavy atom. The van der Waals surface area contributed by atoms with Crippen LogP contribution in [0.15, 0.2) is 91.0 Å². The third kappa shape index (κ3) is 35.7. The first-order valence-electron chi connectivity index (χ1n) is 6.28. The van der Waals surface area contributed by atoms with Gasteiger partial charge in [0.25, 0.3) is 0 Å². The molecule has 116 valence electrons. The van der Waals surface area contributed by atoms with E-state index in [-0.39, 0.29) is 58.4 Å². The van der Waals surface area contributed by atoms with Crippen LogP contribution in [0.4, 0.5) is 0 Å². The van der Waals surface area contributed by atoms with E-state index < -0.39 is 8.60 Å². The van der Waals surface area contributed by atoms with E-state index in [0.717, 1.165) is 0 Å². The van der Waals surface area contributed by atoms with Crippen LogP contribution >= 0.6 is 8.60 Å². The van der Waals surface area contributed by atoms with Gasteiger partial charge < -0.3 is 23.3 Å². The summed E-state index contributed by atoms with van der Waals surface area (Å²) in [4.78, 5) is 25.4. The van der Waals surface area contributed by atoms with Gasteiger partial charge in [0.05, 0.1) is 0 Å². The predicted octanol–water partition coefficient (Wildman–Crippen LogP) is 1.75. The molecule has 0 unspecified atom stereocenters. The zero-order valence-corrected chi connectivity index (χ0v) is 23.7. The zero-order valence-electron chi connectivity index (χ0n) is 14.0. The first-order chi connectivity index (χ1) is 10.7. The predicted molar refractivity (Wildman–Crippen MR) is 82.8 cm³/mol. The minimum atomic E-state index is -3.37. The molecule has 0 atom stereocenters. The van der Waals surface area contributed by atoms with Gasteiger partial charge in [-0.3, -0.25) is 0 Å². The topological polar surface area (TPSA) is 69.2 Å². The van der Waals surface area contributed by atoms with Gasteiger partial charge >= 0.3 is 58.4 Å². The van der Waals surface area contributed by atoms with Gasteiger partial charge in [0.15, 0.2) is 0 Å². The molecule has 0 aromatic heterocycles. The van der Waals surface area contributed by atoms with Crippen molar-refractivity contribution in [1.29, 1.82) is 0 Å². The molecule has 0 aliphatic heterocycles. The van der Waals surface area contributed by atoms with E-state index in [0.29, 0.717) is 0 Å². The van der Waals surface area contributed by atoms with Crippen molar-refractivity contribution in [3.05, 3.63) is 109 Å². The molecule has 7 heteroatoms. The fourth-order valence-corrected chi connectivity index (χ4v) is 1.03. The maximum atomic E-state index is 8.48. The number of rotatable bonds is 0. The van der Waals surface area contributed by atoms with Crippen LogP contribution < -0.4 is 14.7 Å². The summed E-state index contributed by atoms with van der Waals surface area (Å²) in [6.07, 6.45) is 0. The molecule has 25 heavy (non-hydrogen) atoms. The Labute approximate surface area is 189 Å². The third-order valence-corrected chi connectivity index (χ3v) is 1.82. The first-order valence-corrected chi connectivity index (χ1v) is 7.38. The normalized spacial score (nSPS) is 7.20. The maximum Gasteiger partial charge on any atom is 2.00 e. The minimum absolute atomic E-state index is 0. The maximum absolute atomic E-state index is 8.48. The molecule has 0 amide bonds. The van der Waals surface area contributed by atoms with Crippen molar-refractivity contribution in [2.75, 3.05) is 0 Å². The molecule has 0 fully saturated rings. The number of hydrogen-bond donors (Lipinski definition) is 0. The number of hydrogen-bond acceptors (Lipinski definition) is 3. The van der Waals surface area contributed by atoms with Crippen LogP contribution in [0.1, 0.15) is 0 Å². The van der Waals surface area contributed by atoms with Crippen LogP contribution in [-0.2, 0) is 58.4 Å². The molecule has 0 saturated carbocycles. The molecule has 0 aliphatic rings. The molecule has 0 saturated heterocycles. The largest absolute Gasteiger partial charge is 2.00 e. The molecule has 0 heterocycles. The van der Waals surface area contributed by atoms with Gasteiger partial charge in [0, 0.05) is 0 Å². The summed E-state index contributed by atoms with van der Waals surface area (Å²) in [5.41, 5.74) is 0. The van der Waals surface area contributed by atoms with Crippen LogP contribution in [0, 0.1) is 18.2 Å². The van der Waals surface area contributed by atoms with Gasteiger partial charge in [-0.15, -0.1) is 0 Å². The zero-order chi connectivity index (χ0) is 16.3. The van der Waals surface area contributed by atoms with E-state index in [1.54, 1.807) is 0 Å². The monoisotopic (exact) mass is 502 g/mol. The first kappa shape index (κ1) is 32.5. The summed E-state index contributed by atoms with van der Waals surface area (Å²) in [5.74, 6) is 0. The van der Waals surface area contributed by atoms with Gasteiger partial charge in [0.2, 0.25) is 0 Å². The van der Waals surface area contributed by atoms with Crippen molar-refractivity contribution in [3.8, 4) is 0 Å². The van der Waals surface area contributed by atoms with Crippen molar-refractivity contribution in [3.63, 3.8) is 0 Å². The summed E-state index contributed by atoms with van der Waals surface area (Å²) < 4.78 is 0. The third-order valence-electron chi connectivity index (χ3n) is 1.82. The van der Waals surface area contributed by atoms with E-state index >= 15 is 0 Å². The van der Waals surface area contributed by atoms with Crippen LogP contribution in [0.25, 0.3) is 0 Å². The minimum Gasteiger partial charge on any atom is -0.854 e. The van der Waals surface area contributed by atoms with Crippen LogP contribution in [0.3, 0.4) is 0 Å². The Morgan fingerprint density at radius 3 is 0.600 bits per heavy atom. The Kier molecular flexibility index (Phi) is 37.2. The SMILES string of the molecule is [O-]P([O-])[O-].[Zn+2].[Zn+2].[Zn+2].[c-]1ccccc1.[c-]1ccccc1.[c-]1ccccc1. The molecular weight excluding hydrogens is 491 g/mol. The molecule has 3 rings (SSSR count). The molecule has 3 aromatic carbocycles. The van der Waals surface area contributed by atoms with E-state index in [9.17, 15) is 0 Å². The standard InChI is InChI=1S/3C6H5.O3P.3Zn/c3*1-2-4-6-5-3-1;1-4(2)3;;;/h3*1-5H;;;;/q3*-1;-3;3*+2. The summed E-state index contributed by atoms with van der Waals surface area (Å²) in [6, 6.07) is 37.5. The van der Waals surface area contributed by atoms with Crippen molar-refractivity contribution in [2.24, 2.45) is 0 Å². The average Bonchev–Trinajstić information content (AvgIpc) is 2.60. The van der Waals surface area contributed by atoms with Crippen molar-refractivity contribution < 1.29 is 73.1 Å². The summed E-state index contributed by atoms with van der Waals surface area (Å²) in [6.45, 7) is 0. The molecule has 0 N–H and O–H groups in total. The van der Waals surface area contributed by atoms with Crippen molar-refractivity contribution in [1.82, 2.24) is 0 Å². The molecule has 3 nitrogen and oxygen atoms in total. The van der Waals surface area contributed by atoms with Crippen molar-refractivity contribution >= 4 is 8.60 Å². The Balaban J connectivity index is -0.000000114. The molecule has 0 radical (unpaired) electrons. The van der Waals surface area contributed by atoms with E-state index in [1.807, 2.05) is 91.0 Å². The van der Waals surface area contributed by atoms with Crippen LogP contribution in [-0.4, -0.2) is 0 Å². The van der Waals surface area contributed by atoms with Crippen molar-refractivity contribution in [2.45, 2.75) is 0 Å². The van der Waals surface area contributed by atoms with E-state index in [2.05, 4.69) is 18.2 Å². The quantitative estimate of drug-likeness (QED) is 0.265. The van der Waals surface area contributed by atoms with Crippen LogP contribution in [0.5, 0.6) is 0 Å². The summed E-state index contributed by atoms with van der Waals surface area (Å²) in [5, 5.41) is 0. The fourth-order valence-electron chi connectivity index (χ4n) is 1.03. The number of benzene rings is 3. The van der Waals surface area contributed by atoms with Gasteiger partial charge in [-0.05, 0) is 0 Å². The molecule has 0 spiro atoms. The Morgan fingerprint density at radius 1 is 0.400 bits per heavy atom. The Bertz CT molecular complexity index is 360. The molecule has 0 bridgehead atoms. The molecular formula is C18H15O3PZn3. The van der Waals surface area contributed by atoms with Gasteiger partial charge in [-0.2, -0.15) is 109 Å².